The fourth-order valence-electron chi connectivity index (χ4n) is 3.88. The Morgan fingerprint density at radius 3 is 2.21 bits per heavy atom. The van der Waals surface area contributed by atoms with Crippen LogP contribution in [0.3, 0.4) is 0 Å². The van der Waals surface area contributed by atoms with Crippen molar-refractivity contribution >= 4 is 27.6 Å². The van der Waals surface area contributed by atoms with Crippen molar-refractivity contribution in [3.8, 4) is 0 Å². The van der Waals surface area contributed by atoms with E-state index < -0.39 is 32.5 Å². The fourth-order valence-corrected chi connectivity index (χ4v) is 5.43. The number of sulfonamides is 1. The van der Waals surface area contributed by atoms with E-state index in [9.17, 15) is 26.8 Å². The average Bonchev–Trinajstić information content (AvgIpc) is 2.92. The summed E-state index contributed by atoms with van der Waals surface area (Å²) in [6, 6.07) is 15.7. The summed E-state index contributed by atoms with van der Waals surface area (Å²) in [5, 5.41) is 2.70. The number of hydrogen-bond acceptors (Lipinski definition) is 5. The normalized spacial score (nSPS) is 11.4. The molecule has 0 fully saturated rings. The first-order valence-electron chi connectivity index (χ1n) is 12.7. The number of rotatable bonds is 13. The highest BCUT2D eigenvalue weighted by Crippen LogP contribution is 2.24. The van der Waals surface area contributed by atoms with Crippen molar-refractivity contribution in [2.45, 2.75) is 51.0 Å². The van der Waals surface area contributed by atoms with Gasteiger partial charge in [0.15, 0.2) is 0 Å². The number of benzene rings is 3. The van der Waals surface area contributed by atoms with Crippen LogP contribution in [0.1, 0.15) is 54.6 Å². The minimum Gasteiger partial charge on any atom is -0.466 e. The lowest BCUT2D eigenvalue weighted by Crippen LogP contribution is -2.32. The minimum absolute atomic E-state index is 0.0290. The van der Waals surface area contributed by atoms with E-state index in [1.165, 1.54) is 30.3 Å². The number of unbranched alkanes of at least 4 members (excludes halogenated alkanes) is 1. The Hall–Kier alpha value is -3.63. The molecule has 7 nitrogen and oxygen atoms in total. The molecule has 0 spiro atoms. The van der Waals surface area contributed by atoms with Gasteiger partial charge in [-0.25, -0.2) is 17.2 Å². The highest BCUT2D eigenvalue weighted by molar-refractivity contribution is 7.89. The van der Waals surface area contributed by atoms with Gasteiger partial charge in [0.1, 0.15) is 16.5 Å². The number of halogens is 2. The van der Waals surface area contributed by atoms with Gasteiger partial charge in [-0.2, -0.15) is 4.31 Å². The summed E-state index contributed by atoms with van der Waals surface area (Å²) in [5.74, 6) is -2.46. The number of nitrogens with zero attached hydrogens (tertiary/aromatic N) is 1. The highest BCUT2D eigenvalue weighted by atomic mass is 32.2. The van der Waals surface area contributed by atoms with Crippen molar-refractivity contribution in [3.05, 3.63) is 95.1 Å². The van der Waals surface area contributed by atoms with E-state index in [2.05, 4.69) is 5.32 Å². The van der Waals surface area contributed by atoms with Gasteiger partial charge in [0, 0.05) is 30.8 Å². The Morgan fingerprint density at radius 1 is 0.897 bits per heavy atom. The van der Waals surface area contributed by atoms with E-state index in [1.807, 2.05) is 19.1 Å². The van der Waals surface area contributed by atoms with Gasteiger partial charge in [-0.1, -0.05) is 31.2 Å². The van der Waals surface area contributed by atoms with E-state index in [4.69, 9.17) is 4.74 Å². The molecule has 0 aromatic heterocycles. The summed E-state index contributed by atoms with van der Waals surface area (Å²) in [6.45, 7) is 3.77. The van der Waals surface area contributed by atoms with Crippen LogP contribution in [0.5, 0.6) is 0 Å². The molecule has 0 aliphatic carbocycles. The van der Waals surface area contributed by atoms with E-state index in [0.717, 1.165) is 28.4 Å². The number of amides is 1. The second kappa shape index (κ2) is 14.0. The zero-order valence-corrected chi connectivity index (χ0v) is 22.8. The van der Waals surface area contributed by atoms with Crippen LogP contribution < -0.4 is 5.32 Å². The molecule has 1 N–H and O–H groups in total. The van der Waals surface area contributed by atoms with E-state index >= 15 is 0 Å². The van der Waals surface area contributed by atoms with Gasteiger partial charge < -0.3 is 10.1 Å². The summed E-state index contributed by atoms with van der Waals surface area (Å²) < 4.78 is 61.6. The second-order valence-corrected chi connectivity index (χ2v) is 10.8. The third kappa shape index (κ3) is 8.43. The molecular weight excluding hydrogens is 526 g/mol. The predicted octanol–water partition coefficient (Wildman–Crippen LogP) is 5.70. The summed E-state index contributed by atoms with van der Waals surface area (Å²) in [6.07, 6.45) is 1.61. The van der Waals surface area contributed by atoms with Gasteiger partial charge in [-0.05, 0) is 79.8 Å². The Morgan fingerprint density at radius 2 is 1.56 bits per heavy atom. The number of carbonyl (C=O) groups is 2. The van der Waals surface area contributed by atoms with Gasteiger partial charge in [-0.15, -0.1) is 0 Å². The van der Waals surface area contributed by atoms with Crippen LogP contribution in [0.4, 0.5) is 14.5 Å². The number of esters is 1. The maximum atomic E-state index is 14.9. The zero-order chi connectivity index (χ0) is 28.4. The highest BCUT2D eigenvalue weighted by Gasteiger charge is 2.29. The monoisotopic (exact) mass is 558 g/mol. The quantitative estimate of drug-likeness (QED) is 0.215. The molecule has 0 bridgehead atoms. The van der Waals surface area contributed by atoms with Gasteiger partial charge in [-0.3, -0.25) is 9.59 Å². The molecule has 0 unspecified atom stereocenters. The van der Waals surface area contributed by atoms with Crippen molar-refractivity contribution in [1.29, 1.82) is 0 Å². The molecule has 0 atom stereocenters. The number of carbonyl (C=O) groups excluding carboxylic acids is 2. The van der Waals surface area contributed by atoms with Crippen LogP contribution in [0.25, 0.3) is 0 Å². The number of hydrogen-bond donors (Lipinski definition) is 1. The Labute approximate surface area is 227 Å². The lowest BCUT2D eigenvalue weighted by Gasteiger charge is -2.23. The first kappa shape index (κ1) is 29.9. The Bertz CT molecular complexity index is 1380. The third-order valence-corrected chi connectivity index (χ3v) is 7.91. The van der Waals surface area contributed by atoms with Crippen molar-refractivity contribution in [2.75, 3.05) is 18.5 Å². The van der Waals surface area contributed by atoms with Crippen LogP contribution in [-0.2, 0) is 32.5 Å². The predicted molar refractivity (Wildman–Crippen MR) is 145 cm³/mol. The molecule has 208 valence electrons. The molecule has 10 heteroatoms. The van der Waals surface area contributed by atoms with Crippen LogP contribution in [0.2, 0.25) is 0 Å². The molecule has 39 heavy (non-hydrogen) atoms. The van der Waals surface area contributed by atoms with Crippen molar-refractivity contribution in [1.82, 2.24) is 4.31 Å². The topological polar surface area (TPSA) is 92.8 Å². The smallest absolute Gasteiger partial charge is 0.305 e. The molecule has 3 aromatic carbocycles. The van der Waals surface area contributed by atoms with Gasteiger partial charge in [0.2, 0.25) is 10.0 Å². The Balaban J connectivity index is 1.84. The number of nitrogens with one attached hydrogen (secondary N) is 1. The lowest BCUT2D eigenvalue weighted by molar-refractivity contribution is -0.143. The van der Waals surface area contributed by atoms with Gasteiger partial charge in [0.25, 0.3) is 5.91 Å². The zero-order valence-electron chi connectivity index (χ0n) is 22.0. The molecule has 0 heterocycles. The van der Waals surface area contributed by atoms with E-state index in [0.29, 0.717) is 24.1 Å². The molecule has 0 aliphatic rings. The maximum absolute atomic E-state index is 14.9. The molecule has 0 radical (unpaired) electrons. The first-order chi connectivity index (χ1) is 18.6. The average molecular weight is 559 g/mol. The molecule has 0 saturated carbocycles. The van der Waals surface area contributed by atoms with E-state index in [1.54, 1.807) is 19.1 Å². The molecular formula is C29H32F2N2O5S. The summed E-state index contributed by atoms with van der Waals surface area (Å²) in [4.78, 5) is 23.9. The van der Waals surface area contributed by atoms with E-state index in [-0.39, 0.29) is 37.6 Å². The molecule has 0 aliphatic heterocycles. The summed E-state index contributed by atoms with van der Waals surface area (Å²) in [5.41, 5.74) is 2.07. The summed E-state index contributed by atoms with van der Waals surface area (Å²) in [7, 11) is -4.42. The van der Waals surface area contributed by atoms with Gasteiger partial charge >= 0.3 is 5.97 Å². The summed E-state index contributed by atoms with van der Waals surface area (Å²) >= 11 is 0. The standard InChI is InChI=1S/C29H32F2N2O5S/c1-3-21-10-15-25(16-11-21)32-29(35)23-12-17-26(31)27(19-23)39(36,37)33(18-6-5-7-28(34)38-4-2)20-22-8-13-24(30)14-9-22/h8-17,19H,3-7,18,20H2,1-2H3,(H,32,35). The second-order valence-electron chi connectivity index (χ2n) is 8.88. The van der Waals surface area contributed by atoms with Gasteiger partial charge in [0.05, 0.1) is 6.61 Å². The number of anilines is 1. The van der Waals surface area contributed by atoms with Crippen molar-refractivity contribution < 1.29 is 31.5 Å². The van der Waals surface area contributed by atoms with Crippen LogP contribution in [0, 0.1) is 11.6 Å². The largest absolute Gasteiger partial charge is 0.466 e. The Kier molecular flexibility index (Phi) is 10.7. The SMILES string of the molecule is CCOC(=O)CCCCN(Cc1ccc(F)cc1)S(=O)(=O)c1cc(C(=O)Nc2ccc(CC)cc2)ccc1F. The molecule has 0 saturated heterocycles. The number of aryl methyl sites for hydroxylation is 1. The van der Waals surface area contributed by atoms with Crippen LogP contribution in [0.15, 0.2) is 71.6 Å². The molecule has 3 aromatic rings. The third-order valence-electron chi connectivity index (χ3n) is 6.05. The molecule has 1 amide bonds. The maximum Gasteiger partial charge on any atom is 0.305 e. The molecule has 3 rings (SSSR count). The first-order valence-corrected chi connectivity index (χ1v) is 14.2. The fraction of sp³-hybridized carbons (Fsp3) is 0.310. The minimum atomic E-state index is -4.42. The van der Waals surface area contributed by atoms with Crippen LogP contribution in [-0.4, -0.2) is 37.8 Å². The van der Waals surface area contributed by atoms with Crippen molar-refractivity contribution in [2.24, 2.45) is 0 Å². The van der Waals surface area contributed by atoms with Crippen LogP contribution >= 0.6 is 0 Å². The lowest BCUT2D eigenvalue weighted by atomic mass is 10.1. The number of ether oxygens (including phenoxy) is 1. The van der Waals surface area contributed by atoms with Crippen molar-refractivity contribution in [3.63, 3.8) is 0 Å².